The van der Waals surface area contributed by atoms with Crippen LogP contribution in [0.3, 0.4) is 0 Å². The van der Waals surface area contributed by atoms with Crippen molar-refractivity contribution in [3.8, 4) is 0 Å². The first kappa shape index (κ1) is 54.5. The number of carbonyl (C=O) groups is 6. The van der Waals surface area contributed by atoms with Crippen LogP contribution in [-0.2, 0) is 9.59 Å². The Bertz CT molecular complexity index is 1760. The molecule has 0 radical (unpaired) electrons. The Balaban J connectivity index is 2.23. The normalized spacial score (nSPS) is 13.1. The molecule has 0 saturated heterocycles. The van der Waals surface area contributed by atoms with Gasteiger partial charge in [-0.2, -0.15) is 0 Å². The summed E-state index contributed by atoms with van der Waals surface area (Å²) in [6, 6.07) is 0. The van der Waals surface area contributed by atoms with Gasteiger partial charge in [0.05, 0.1) is 86.5 Å². The molecule has 14 N–H and O–H groups in total. The molecule has 4 atom stereocenters. The molecule has 0 fully saturated rings. The molecule has 2 aromatic rings. The summed E-state index contributed by atoms with van der Waals surface area (Å²) in [4.78, 5) is 78.6. The van der Waals surface area contributed by atoms with Gasteiger partial charge in [-0.1, -0.05) is 0 Å². The number of amides is 6. The van der Waals surface area contributed by atoms with E-state index in [1.165, 1.54) is 0 Å². The molecule has 0 spiro atoms. The third kappa shape index (κ3) is 15.2. The van der Waals surface area contributed by atoms with Crippen LogP contribution in [-0.4, -0.2) is 153 Å². The van der Waals surface area contributed by atoms with Crippen LogP contribution in [0, 0.1) is 21.4 Å². The lowest BCUT2D eigenvalue weighted by atomic mass is 10.1. The van der Waals surface area contributed by atoms with Crippen molar-refractivity contribution in [2.24, 2.45) is 0 Å². The Morgan fingerprint density at radius 3 is 0.983 bits per heavy atom. The Morgan fingerprint density at radius 1 is 0.424 bits per heavy atom. The van der Waals surface area contributed by atoms with Crippen molar-refractivity contribution < 1.29 is 69.6 Å². The second-order valence-electron chi connectivity index (χ2n) is 12.2. The zero-order valence-corrected chi connectivity index (χ0v) is 43.3. The SMILES string of the molecule is O=C(NCCCCCNC(=O)c1c(I)c(NC(=O)C(O)CO)c(I)c(C(=O)NCC(O)CO)c1I)c1c(I)c(NC(=O)C(O)CO)c(I)c(C(=O)NCC(O)CO)c1I. The molecule has 0 aromatic heterocycles. The van der Waals surface area contributed by atoms with Gasteiger partial charge >= 0.3 is 0 Å². The number of anilines is 2. The highest BCUT2D eigenvalue weighted by molar-refractivity contribution is 14.1. The molecule has 0 heterocycles. The average molecular weight is 1510 g/mol. The lowest BCUT2D eigenvalue weighted by Gasteiger charge is -2.21. The summed E-state index contributed by atoms with van der Waals surface area (Å²) >= 11 is 10.8. The predicted octanol–water partition coefficient (Wildman–Crippen LogP) is -0.606. The molecule has 2 rings (SSSR count). The monoisotopic (exact) mass is 1510 g/mol. The maximum absolute atomic E-state index is 13.6. The maximum atomic E-state index is 13.6. The first-order valence-electron chi connectivity index (χ1n) is 17.1. The van der Waals surface area contributed by atoms with Crippen LogP contribution in [0.15, 0.2) is 0 Å². The number of rotatable bonds is 22. The van der Waals surface area contributed by atoms with E-state index in [9.17, 15) is 59.4 Å². The minimum atomic E-state index is -1.79. The first-order chi connectivity index (χ1) is 27.8. The van der Waals surface area contributed by atoms with Gasteiger partial charge in [0.1, 0.15) is 0 Å². The van der Waals surface area contributed by atoms with Crippen LogP contribution >= 0.6 is 136 Å². The molecule has 26 heteroatoms. The predicted molar refractivity (Wildman–Crippen MR) is 262 cm³/mol. The van der Waals surface area contributed by atoms with Crippen LogP contribution in [0.5, 0.6) is 0 Å². The number of hydrogen-bond acceptors (Lipinski definition) is 14. The molecule has 2 aromatic carbocycles. The Kier molecular flexibility index (Phi) is 24.8. The highest BCUT2D eigenvalue weighted by Gasteiger charge is 2.31. The van der Waals surface area contributed by atoms with Gasteiger partial charge < -0.3 is 72.8 Å². The number of benzene rings is 2. The zero-order valence-electron chi connectivity index (χ0n) is 30.4. The van der Waals surface area contributed by atoms with Crippen LogP contribution < -0.4 is 31.9 Å². The summed E-state index contributed by atoms with van der Waals surface area (Å²) in [7, 11) is 0. The lowest BCUT2D eigenvalue weighted by Crippen LogP contribution is -2.36. The summed E-state index contributed by atoms with van der Waals surface area (Å²) in [5.74, 6) is -4.61. The van der Waals surface area contributed by atoms with Crippen LogP contribution in [0.1, 0.15) is 60.7 Å². The van der Waals surface area contributed by atoms with Gasteiger partial charge in [-0.25, -0.2) is 0 Å². The summed E-state index contributed by atoms with van der Waals surface area (Å²) in [5.41, 5.74) is 0.0769. The number of aliphatic hydroxyl groups excluding tert-OH is 8. The van der Waals surface area contributed by atoms with Gasteiger partial charge in [0.25, 0.3) is 35.4 Å². The summed E-state index contributed by atoms with van der Waals surface area (Å²) < 4.78 is 1.30. The van der Waals surface area contributed by atoms with Crippen LogP contribution in [0.4, 0.5) is 11.4 Å². The van der Waals surface area contributed by atoms with Crippen LogP contribution in [0.25, 0.3) is 0 Å². The van der Waals surface area contributed by atoms with E-state index in [-0.39, 0.29) is 81.2 Å². The molecule has 59 heavy (non-hydrogen) atoms. The smallest absolute Gasteiger partial charge is 0.255 e. The van der Waals surface area contributed by atoms with Gasteiger partial charge in [-0.05, 0) is 155 Å². The van der Waals surface area contributed by atoms with Gasteiger partial charge in [0.2, 0.25) is 0 Å². The fourth-order valence-corrected chi connectivity index (χ4v) is 13.5. The molecule has 0 aliphatic rings. The largest absolute Gasteiger partial charge is 0.394 e. The van der Waals surface area contributed by atoms with Crippen molar-refractivity contribution in [2.45, 2.75) is 43.7 Å². The van der Waals surface area contributed by atoms with Crippen LogP contribution in [0.2, 0.25) is 0 Å². The maximum Gasteiger partial charge on any atom is 0.255 e. The van der Waals surface area contributed by atoms with Gasteiger partial charge in [-0.15, -0.1) is 0 Å². The second-order valence-corrected chi connectivity index (χ2v) is 18.6. The first-order valence-corrected chi connectivity index (χ1v) is 23.6. The number of aliphatic hydroxyl groups is 8. The lowest BCUT2D eigenvalue weighted by molar-refractivity contribution is -0.126. The van der Waals surface area contributed by atoms with Crippen molar-refractivity contribution in [3.05, 3.63) is 43.7 Å². The van der Waals surface area contributed by atoms with E-state index < -0.39 is 86.3 Å². The number of unbranched alkanes of at least 4 members (excludes halogenated alkanes) is 2. The third-order valence-corrected chi connectivity index (χ3v) is 14.3. The third-order valence-electron chi connectivity index (χ3n) is 7.83. The Hall–Kier alpha value is -0.680. The molecule has 20 nitrogen and oxygen atoms in total. The minimum absolute atomic E-state index is 0.0191. The molecule has 4 unspecified atom stereocenters. The van der Waals surface area contributed by atoms with Gasteiger partial charge in [0.15, 0.2) is 12.2 Å². The topological polar surface area (TPSA) is 336 Å². The molecule has 6 amide bonds. The molecule has 0 aliphatic heterocycles. The fourth-order valence-electron chi connectivity index (χ4n) is 4.66. The van der Waals surface area contributed by atoms with Crippen molar-refractivity contribution in [1.82, 2.24) is 21.3 Å². The van der Waals surface area contributed by atoms with Crippen molar-refractivity contribution in [3.63, 3.8) is 0 Å². The van der Waals surface area contributed by atoms with E-state index in [0.717, 1.165) is 0 Å². The number of carbonyl (C=O) groups excluding carboxylic acids is 6. The molecular formula is C33H40I6N6O14. The highest BCUT2D eigenvalue weighted by atomic mass is 127. The molecule has 0 saturated carbocycles. The van der Waals surface area contributed by atoms with E-state index >= 15 is 0 Å². The molecule has 0 bridgehead atoms. The van der Waals surface area contributed by atoms with E-state index in [1.54, 1.807) is 45.2 Å². The quantitative estimate of drug-likeness (QED) is 0.0517. The van der Waals surface area contributed by atoms with Crippen molar-refractivity contribution in [1.29, 1.82) is 0 Å². The summed E-state index contributed by atoms with van der Waals surface area (Å²) in [6.07, 6.45) is -4.71. The fraction of sp³-hybridized carbons (Fsp3) is 0.455. The van der Waals surface area contributed by atoms with Crippen molar-refractivity contribution in [2.75, 3.05) is 63.2 Å². The molecular weight excluding hydrogens is 1470 g/mol. The zero-order chi connectivity index (χ0) is 44.7. The number of hydrogen-bond donors (Lipinski definition) is 14. The standard InChI is InChI=1S/C33H40I6N6O14/c34-20-16(22(36)26(44-28(54)14(52)10-48)24(38)18(20)32(58)42-6-12(50)8-46)30(56)40-4-2-1-3-5-41-31(57)17-21(35)19(33(59)43-7-13(51)9-47)25(39)27(23(17)37)45-29(55)15(53)11-49/h12-15,46-53H,1-11H2,(H,40,56)(H,41,57)(H,42,58)(H,43,59)(H,44,54)(H,45,55). The minimum Gasteiger partial charge on any atom is -0.394 e. The Labute approximate surface area is 418 Å². The average Bonchev–Trinajstić information content (AvgIpc) is 3.20. The second kappa shape index (κ2) is 26.8. The highest BCUT2D eigenvalue weighted by Crippen LogP contribution is 2.37. The van der Waals surface area contributed by atoms with E-state index in [4.69, 9.17) is 10.2 Å². The van der Waals surface area contributed by atoms with Crippen molar-refractivity contribution >= 4 is 182 Å². The molecule has 0 aliphatic carbocycles. The summed E-state index contributed by atoms with van der Waals surface area (Å²) in [6.45, 7) is -3.31. The summed E-state index contributed by atoms with van der Waals surface area (Å²) in [5, 5.41) is 91.4. The van der Waals surface area contributed by atoms with E-state index in [0.29, 0.717) is 19.3 Å². The Morgan fingerprint density at radius 2 is 0.712 bits per heavy atom. The van der Waals surface area contributed by atoms with Gasteiger partial charge in [-0.3, -0.25) is 28.8 Å². The van der Waals surface area contributed by atoms with Gasteiger partial charge in [0, 0.05) is 33.3 Å². The number of halogens is 6. The number of nitrogens with one attached hydrogen (secondary N) is 6. The van der Waals surface area contributed by atoms with E-state index in [2.05, 4.69) is 31.9 Å². The molecule has 328 valence electrons. The van der Waals surface area contributed by atoms with E-state index in [1.807, 2.05) is 90.4 Å².